The minimum Gasteiger partial charge on any atom is -0.492 e. The third kappa shape index (κ3) is 6.05. The second-order valence-electron chi connectivity index (χ2n) is 6.93. The van der Waals surface area contributed by atoms with Crippen molar-refractivity contribution in [2.45, 2.75) is 31.0 Å². The van der Waals surface area contributed by atoms with Crippen molar-refractivity contribution in [3.8, 4) is 5.75 Å². The normalized spacial score (nSPS) is 13.0. The highest BCUT2D eigenvalue weighted by Crippen LogP contribution is 2.36. The molecule has 2 rings (SSSR count). The van der Waals surface area contributed by atoms with E-state index >= 15 is 0 Å². The molecule has 0 spiro atoms. The summed E-state index contributed by atoms with van der Waals surface area (Å²) in [5.74, 6) is -0.476. The topological polar surface area (TPSA) is 87.7 Å². The number of carbonyl (C=O) groups excluding carboxylic acids is 1. The molecule has 0 heterocycles. The molecule has 1 amide bonds. The highest BCUT2D eigenvalue weighted by Gasteiger charge is 2.33. The Bertz CT molecular complexity index is 1090. The van der Waals surface area contributed by atoms with Crippen LogP contribution in [0, 0.1) is 0 Å². The van der Waals surface area contributed by atoms with Crippen LogP contribution in [-0.2, 0) is 21.0 Å². The summed E-state index contributed by atoms with van der Waals surface area (Å²) in [6.45, 7) is 3.45. The van der Waals surface area contributed by atoms with Crippen LogP contribution < -0.4 is 15.4 Å². The Morgan fingerprint density at radius 2 is 1.78 bits per heavy atom. The number of hydrogen-bond acceptors (Lipinski definition) is 5. The fourth-order valence-electron chi connectivity index (χ4n) is 2.66. The summed E-state index contributed by atoms with van der Waals surface area (Å²) in [4.78, 5) is 12.4. The first kappa shape index (κ1) is 25.8. The predicted molar refractivity (Wildman–Crippen MR) is 117 cm³/mol. The van der Waals surface area contributed by atoms with Gasteiger partial charge in [-0.3, -0.25) is 4.79 Å². The Hall–Kier alpha value is -2.50. The van der Waals surface area contributed by atoms with Crippen LogP contribution in [-0.4, -0.2) is 45.4 Å². The van der Waals surface area contributed by atoms with Gasteiger partial charge in [-0.2, -0.15) is 13.2 Å². The highest BCUT2D eigenvalue weighted by atomic mass is 35.5. The summed E-state index contributed by atoms with van der Waals surface area (Å²) >= 11 is 5.59. The van der Waals surface area contributed by atoms with Crippen molar-refractivity contribution in [1.82, 2.24) is 4.31 Å². The largest absolute Gasteiger partial charge is 0.492 e. The van der Waals surface area contributed by atoms with Crippen LogP contribution in [0.5, 0.6) is 5.75 Å². The Balaban J connectivity index is 2.24. The average molecular weight is 494 g/mol. The van der Waals surface area contributed by atoms with Crippen molar-refractivity contribution < 1.29 is 31.1 Å². The molecule has 0 radical (unpaired) electrons. The minimum absolute atomic E-state index is 0.0806. The molecule has 176 valence electrons. The van der Waals surface area contributed by atoms with E-state index in [9.17, 15) is 26.4 Å². The van der Waals surface area contributed by atoms with E-state index in [4.69, 9.17) is 16.3 Å². The molecule has 0 fully saturated rings. The molecule has 2 N–H and O–H groups in total. The zero-order valence-electron chi connectivity index (χ0n) is 17.7. The van der Waals surface area contributed by atoms with Gasteiger partial charge in [0.2, 0.25) is 15.9 Å². The van der Waals surface area contributed by atoms with Crippen molar-refractivity contribution in [1.29, 1.82) is 0 Å². The zero-order chi connectivity index (χ0) is 24.3. The molecule has 0 aromatic heterocycles. The number of alkyl halides is 3. The highest BCUT2D eigenvalue weighted by molar-refractivity contribution is 7.89. The van der Waals surface area contributed by atoms with Crippen molar-refractivity contribution in [2.75, 3.05) is 31.3 Å². The first-order chi connectivity index (χ1) is 14.8. The maximum atomic E-state index is 13.0. The molecule has 0 saturated heterocycles. The fraction of sp³-hybridized carbons (Fsp3) is 0.350. The second-order valence-corrected chi connectivity index (χ2v) is 9.46. The molecule has 0 saturated carbocycles. The van der Waals surface area contributed by atoms with Gasteiger partial charge in [-0.05, 0) is 50.2 Å². The van der Waals surface area contributed by atoms with Crippen LogP contribution in [0.15, 0.2) is 41.3 Å². The van der Waals surface area contributed by atoms with E-state index in [1.54, 1.807) is 6.92 Å². The first-order valence-corrected chi connectivity index (χ1v) is 11.2. The lowest BCUT2D eigenvalue weighted by Crippen LogP contribution is -2.32. The number of anilines is 2. The maximum Gasteiger partial charge on any atom is 0.417 e. The van der Waals surface area contributed by atoms with E-state index in [-0.39, 0.29) is 22.9 Å². The lowest BCUT2D eigenvalue weighted by atomic mass is 10.2. The number of nitrogens with one attached hydrogen (secondary N) is 2. The van der Waals surface area contributed by atoms with Gasteiger partial charge >= 0.3 is 6.18 Å². The van der Waals surface area contributed by atoms with E-state index in [0.717, 1.165) is 16.4 Å². The summed E-state index contributed by atoms with van der Waals surface area (Å²) in [5.41, 5.74) is -0.839. The van der Waals surface area contributed by atoms with Gasteiger partial charge in [0.05, 0.1) is 17.2 Å². The van der Waals surface area contributed by atoms with Crippen molar-refractivity contribution >= 4 is 38.9 Å². The van der Waals surface area contributed by atoms with Crippen molar-refractivity contribution in [3.63, 3.8) is 0 Å². The standard InChI is InChI=1S/C20H23ClF3N3O4S/c1-5-31-17-9-7-14(11-18(17)32(29,30)27(3)4)25-12(2)19(28)26-13-6-8-16(21)15(10-13)20(22,23)24/h6-12,25H,5H2,1-4H3,(H,26,28). The smallest absolute Gasteiger partial charge is 0.417 e. The quantitative estimate of drug-likeness (QED) is 0.567. The van der Waals surface area contributed by atoms with E-state index in [0.29, 0.717) is 5.69 Å². The lowest BCUT2D eigenvalue weighted by Gasteiger charge is -2.19. The molecule has 7 nitrogen and oxygen atoms in total. The van der Waals surface area contributed by atoms with Gasteiger partial charge in [0.1, 0.15) is 16.7 Å². The Morgan fingerprint density at radius 1 is 1.16 bits per heavy atom. The third-order valence-electron chi connectivity index (χ3n) is 4.32. The van der Waals surface area contributed by atoms with Gasteiger partial charge in [-0.1, -0.05) is 11.6 Å². The van der Waals surface area contributed by atoms with Crippen LogP contribution in [0.1, 0.15) is 19.4 Å². The fourth-order valence-corrected chi connectivity index (χ4v) is 3.93. The first-order valence-electron chi connectivity index (χ1n) is 9.41. The van der Waals surface area contributed by atoms with Gasteiger partial charge in [0.25, 0.3) is 0 Å². The summed E-state index contributed by atoms with van der Waals surface area (Å²) in [6.07, 6.45) is -4.67. The van der Waals surface area contributed by atoms with Crippen LogP contribution in [0.2, 0.25) is 5.02 Å². The molecule has 12 heteroatoms. The van der Waals surface area contributed by atoms with Gasteiger partial charge in [0, 0.05) is 25.5 Å². The Labute approximate surface area is 189 Å². The Morgan fingerprint density at radius 3 is 2.34 bits per heavy atom. The van der Waals surface area contributed by atoms with Gasteiger partial charge in [0.15, 0.2) is 0 Å². The number of carbonyl (C=O) groups is 1. The van der Waals surface area contributed by atoms with Crippen LogP contribution in [0.25, 0.3) is 0 Å². The van der Waals surface area contributed by atoms with Gasteiger partial charge < -0.3 is 15.4 Å². The molecule has 1 atom stereocenters. The summed E-state index contributed by atoms with van der Waals surface area (Å²) in [6, 6.07) is 6.45. The molecule has 2 aromatic rings. The number of ether oxygens (including phenoxy) is 1. The van der Waals surface area contributed by atoms with Crippen molar-refractivity contribution in [2.24, 2.45) is 0 Å². The zero-order valence-corrected chi connectivity index (χ0v) is 19.3. The number of sulfonamides is 1. The molecular weight excluding hydrogens is 471 g/mol. The number of nitrogens with zero attached hydrogens (tertiary/aromatic N) is 1. The molecule has 32 heavy (non-hydrogen) atoms. The van der Waals surface area contributed by atoms with Gasteiger partial charge in [-0.25, -0.2) is 12.7 Å². The number of rotatable bonds is 8. The molecule has 2 aromatic carbocycles. The van der Waals surface area contributed by atoms with Crippen LogP contribution >= 0.6 is 11.6 Å². The summed E-state index contributed by atoms with van der Waals surface area (Å²) < 4.78 is 70.7. The molecule has 0 aliphatic carbocycles. The summed E-state index contributed by atoms with van der Waals surface area (Å²) in [7, 11) is -1.08. The summed E-state index contributed by atoms with van der Waals surface area (Å²) in [5, 5.41) is 4.74. The molecule has 1 unspecified atom stereocenters. The van der Waals surface area contributed by atoms with E-state index in [1.807, 2.05) is 0 Å². The van der Waals surface area contributed by atoms with Gasteiger partial charge in [-0.15, -0.1) is 0 Å². The van der Waals surface area contributed by atoms with E-state index in [2.05, 4.69) is 10.6 Å². The maximum absolute atomic E-state index is 13.0. The number of halogens is 4. The Kier molecular flexibility index (Phi) is 8.02. The SMILES string of the molecule is CCOc1ccc(NC(C)C(=O)Nc2ccc(Cl)c(C(F)(F)F)c2)cc1S(=O)(=O)N(C)C. The molecule has 0 bridgehead atoms. The van der Waals surface area contributed by atoms with Crippen molar-refractivity contribution in [3.05, 3.63) is 47.0 Å². The van der Waals surface area contributed by atoms with E-state index < -0.39 is 38.7 Å². The third-order valence-corrected chi connectivity index (χ3v) is 6.48. The molecular formula is C20H23ClF3N3O4S. The molecule has 0 aliphatic rings. The monoisotopic (exact) mass is 493 g/mol. The number of hydrogen-bond donors (Lipinski definition) is 2. The number of benzene rings is 2. The minimum atomic E-state index is -4.67. The van der Waals surface area contributed by atoms with Crippen LogP contribution in [0.3, 0.4) is 0 Å². The predicted octanol–water partition coefficient (Wildman–Crippen LogP) is 4.45. The van der Waals surface area contributed by atoms with E-state index in [1.165, 1.54) is 45.3 Å². The average Bonchev–Trinajstić information content (AvgIpc) is 2.69. The second kappa shape index (κ2) is 9.97. The lowest BCUT2D eigenvalue weighted by molar-refractivity contribution is -0.137. The molecule has 0 aliphatic heterocycles. The van der Waals surface area contributed by atoms with Crippen LogP contribution in [0.4, 0.5) is 24.5 Å². The number of amides is 1.